The predicted molar refractivity (Wildman–Crippen MR) is 70.3 cm³/mol. The van der Waals surface area contributed by atoms with Crippen molar-refractivity contribution in [1.82, 2.24) is 9.88 Å². The molecule has 0 atom stereocenters. The molecule has 0 aliphatic heterocycles. The average molecular weight is 314 g/mol. The average Bonchev–Trinajstić information content (AvgIpc) is 2.97. The number of halogens is 3. The first kappa shape index (κ1) is 15.9. The monoisotopic (exact) mass is 314 g/mol. The fourth-order valence-electron chi connectivity index (χ4n) is 1.68. The second-order valence-electron chi connectivity index (χ2n) is 4.53. The fraction of sp³-hybridized carbons (Fsp3) is 0.286. The van der Waals surface area contributed by atoms with Crippen LogP contribution in [-0.2, 0) is 6.54 Å². The summed E-state index contributed by atoms with van der Waals surface area (Å²) in [5.74, 6) is 0.0998. The highest BCUT2D eigenvalue weighted by atomic mass is 19.4. The van der Waals surface area contributed by atoms with Gasteiger partial charge in [-0.15, -0.1) is 0 Å². The van der Waals surface area contributed by atoms with Crippen molar-refractivity contribution in [1.29, 1.82) is 0 Å². The number of carbonyl (C=O) groups is 1. The molecule has 2 heterocycles. The first-order chi connectivity index (χ1) is 10.3. The van der Waals surface area contributed by atoms with Gasteiger partial charge >= 0.3 is 6.18 Å². The van der Waals surface area contributed by atoms with E-state index in [1.54, 1.807) is 19.2 Å². The van der Waals surface area contributed by atoms with E-state index in [-0.39, 0.29) is 23.9 Å². The molecule has 0 saturated carbocycles. The van der Waals surface area contributed by atoms with Crippen LogP contribution in [0.15, 0.2) is 41.1 Å². The molecular weight excluding hydrogens is 301 g/mol. The Hall–Kier alpha value is -2.51. The van der Waals surface area contributed by atoms with Crippen LogP contribution < -0.4 is 4.74 Å². The number of amides is 1. The summed E-state index contributed by atoms with van der Waals surface area (Å²) >= 11 is 0. The van der Waals surface area contributed by atoms with Crippen molar-refractivity contribution < 1.29 is 27.1 Å². The smallest absolute Gasteiger partial charge is 0.422 e. The lowest BCUT2D eigenvalue weighted by Gasteiger charge is -2.15. The lowest BCUT2D eigenvalue weighted by Crippen LogP contribution is -2.26. The molecule has 0 aliphatic rings. The van der Waals surface area contributed by atoms with Crippen molar-refractivity contribution in [2.24, 2.45) is 0 Å². The zero-order valence-corrected chi connectivity index (χ0v) is 11.6. The van der Waals surface area contributed by atoms with E-state index in [1.807, 2.05) is 0 Å². The van der Waals surface area contributed by atoms with Crippen molar-refractivity contribution in [3.63, 3.8) is 0 Å². The molecule has 0 aliphatic carbocycles. The third kappa shape index (κ3) is 4.51. The molecule has 0 spiro atoms. The molecule has 22 heavy (non-hydrogen) atoms. The minimum atomic E-state index is -4.43. The van der Waals surface area contributed by atoms with Crippen LogP contribution in [0.3, 0.4) is 0 Å². The molecule has 0 radical (unpaired) electrons. The van der Waals surface area contributed by atoms with Crippen LogP contribution in [-0.4, -0.2) is 35.6 Å². The van der Waals surface area contributed by atoms with Gasteiger partial charge in [0.05, 0.1) is 18.4 Å². The van der Waals surface area contributed by atoms with Crippen LogP contribution in [0.5, 0.6) is 5.88 Å². The first-order valence-electron chi connectivity index (χ1n) is 6.28. The molecular formula is C14H13F3N2O3. The number of carbonyl (C=O) groups excluding carboxylic acids is 1. The van der Waals surface area contributed by atoms with E-state index < -0.39 is 12.8 Å². The largest absolute Gasteiger partial charge is 0.468 e. The van der Waals surface area contributed by atoms with Gasteiger partial charge in [0, 0.05) is 19.3 Å². The number of rotatable bonds is 5. The molecule has 5 nitrogen and oxygen atoms in total. The van der Waals surface area contributed by atoms with E-state index in [0.29, 0.717) is 5.76 Å². The lowest BCUT2D eigenvalue weighted by molar-refractivity contribution is -0.154. The zero-order chi connectivity index (χ0) is 16.2. The van der Waals surface area contributed by atoms with E-state index in [9.17, 15) is 18.0 Å². The van der Waals surface area contributed by atoms with Gasteiger partial charge in [0.15, 0.2) is 6.61 Å². The Bertz CT molecular complexity index is 609. The normalized spacial score (nSPS) is 11.3. The Kier molecular flexibility index (Phi) is 4.69. The van der Waals surface area contributed by atoms with Gasteiger partial charge in [-0.25, -0.2) is 4.98 Å². The number of pyridine rings is 1. The number of alkyl halides is 3. The van der Waals surface area contributed by atoms with Gasteiger partial charge in [0.2, 0.25) is 5.88 Å². The summed E-state index contributed by atoms with van der Waals surface area (Å²) in [5, 5.41) is 0. The van der Waals surface area contributed by atoms with Crippen molar-refractivity contribution in [3.05, 3.63) is 48.0 Å². The Balaban J connectivity index is 1.95. The molecule has 0 fully saturated rings. The topological polar surface area (TPSA) is 55.6 Å². The summed E-state index contributed by atoms with van der Waals surface area (Å²) in [7, 11) is 1.58. The van der Waals surface area contributed by atoms with Crippen LogP contribution in [0.25, 0.3) is 0 Å². The third-order valence-corrected chi connectivity index (χ3v) is 2.69. The second-order valence-corrected chi connectivity index (χ2v) is 4.53. The summed E-state index contributed by atoms with van der Waals surface area (Å²) in [6.45, 7) is -1.15. The van der Waals surface area contributed by atoms with E-state index in [1.165, 1.54) is 29.5 Å². The summed E-state index contributed by atoms with van der Waals surface area (Å²) in [4.78, 5) is 17.2. The van der Waals surface area contributed by atoms with Gasteiger partial charge in [0.25, 0.3) is 5.91 Å². The fourth-order valence-corrected chi connectivity index (χ4v) is 1.68. The number of aromatic nitrogens is 1. The predicted octanol–water partition coefficient (Wildman–Crippen LogP) is 2.89. The quantitative estimate of drug-likeness (QED) is 0.851. The Morgan fingerprint density at radius 3 is 2.68 bits per heavy atom. The zero-order valence-electron chi connectivity index (χ0n) is 11.6. The van der Waals surface area contributed by atoms with Crippen LogP contribution in [0.2, 0.25) is 0 Å². The van der Waals surface area contributed by atoms with Crippen LogP contribution in [0.1, 0.15) is 16.1 Å². The number of hydrogen-bond acceptors (Lipinski definition) is 4. The molecule has 8 heteroatoms. The molecule has 0 saturated heterocycles. The number of furan rings is 1. The highest BCUT2D eigenvalue weighted by Crippen LogP contribution is 2.17. The first-order valence-corrected chi connectivity index (χ1v) is 6.28. The van der Waals surface area contributed by atoms with E-state index in [2.05, 4.69) is 9.72 Å². The maximum Gasteiger partial charge on any atom is 0.422 e. The lowest BCUT2D eigenvalue weighted by atomic mass is 10.2. The van der Waals surface area contributed by atoms with E-state index in [0.717, 1.165) is 0 Å². The molecule has 1 amide bonds. The molecule has 2 aromatic rings. The van der Waals surface area contributed by atoms with Crippen molar-refractivity contribution >= 4 is 5.91 Å². The molecule has 2 rings (SSSR count). The second kappa shape index (κ2) is 6.50. The highest BCUT2D eigenvalue weighted by Gasteiger charge is 2.28. The van der Waals surface area contributed by atoms with Gasteiger partial charge in [0.1, 0.15) is 5.76 Å². The van der Waals surface area contributed by atoms with Crippen LogP contribution in [0, 0.1) is 0 Å². The summed E-state index contributed by atoms with van der Waals surface area (Å²) in [6.07, 6.45) is -1.76. The molecule has 118 valence electrons. The standard InChI is InChI=1S/C14H13F3N2O3/c1-19(8-11-3-2-6-21-11)13(20)10-4-5-12(18-7-10)22-9-14(15,16)17/h2-7H,8-9H2,1H3. The van der Waals surface area contributed by atoms with Crippen LogP contribution in [0.4, 0.5) is 13.2 Å². The Morgan fingerprint density at radius 2 is 2.14 bits per heavy atom. The number of nitrogens with zero attached hydrogens (tertiary/aromatic N) is 2. The molecule has 0 aromatic carbocycles. The number of hydrogen-bond donors (Lipinski definition) is 0. The molecule has 0 bridgehead atoms. The summed E-state index contributed by atoms with van der Waals surface area (Å²) in [6, 6.07) is 6.03. The minimum Gasteiger partial charge on any atom is -0.468 e. The van der Waals surface area contributed by atoms with Gasteiger partial charge in [-0.1, -0.05) is 0 Å². The maximum absolute atomic E-state index is 12.1. The summed E-state index contributed by atoms with van der Waals surface area (Å²) < 4.78 is 45.6. The highest BCUT2D eigenvalue weighted by molar-refractivity contribution is 5.93. The maximum atomic E-state index is 12.1. The Morgan fingerprint density at radius 1 is 1.36 bits per heavy atom. The molecule has 0 N–H and O–H groups in total. The van der Waals surface area contributed by atoms with Crippen molar-refractivity contribution in [3.8, 4) is 5.88 Å². The van der Waals surface area contributed by atoms with E-state index >= 15 is 0 Å². The van der Waals surface area contributed by atoms with Gasteiger partial charge < -0.3 is 14.1 Å². The van der Waals surface area contributed by atoms with Gasteiger partial charge in [-0.2, -0.15) is 13.2 Å². The third-order valence-electron chi connectivity index (χ3n) is 2.69. The molecule has 0 unspecified atom stereocenters. The van der Waals surface area contributed by atoms with Crippen LogP contribution >= 0.6 is 0 Å². The Labute approximate surface area is 124 Å². The van der Waals surface area contributed by atoms with Crippen molar-refractivity contribution in [2.45, 2.75) is 12.7 Å². The minimum absolute atomic E-state index is 0.192. The van der Waals surface area contributed by atoms with Gasteiger partial charge in [-0.3, -0.25) is 4.79 Å². The van der Waals surface area contributed by atoms with E-state index in [4.69, 9.17) is 4.42 Å². The van der Waals surface area contributed by atoms with Gasteiger partial charge in [-0.05, 0) is 18.2 Å². The summed E-state index contributed by atoms with van der Waals surface area (Å²) in [5.41, 5.74) is 0.244. The number of ether oxygens (including phenoxy) is 1. The van der Waals surface area contributed by atoms with Crippen molar-refractivity contribution in [2.75, 3.05) is 13.7 Å². The molecule has 2 aromatic heterocycles. The SMILES string of the molecule is CN(Cc1ccco1)C(=O)c1ccc(OCC(F)(F)F)nc1.